The summed E-state index contributed by atoms with van der Waals surface area (Å²) >= 11 is 0. The molecule has 4 heteroatoms. The highest BCUT2D eigenvalue weighted by Gasteiger charge is 1.95. The van der Waals surface area contributed by atoms with Crippen LogP contribution in [0.4, 0.5) is 10.2 Å². The molecular formula is C9H14FN3. The molecule has 3 nitrogen and oxygen atoms in total. The molecule has 1 rings (SSSR count). The van der Waals surface area contributed by atoms with Crippen LogP contribution < -0.4 is 5.32 Å². The maximum atomic E-state index is 12.6. The minimum atomic E-state index is -0.493. The summed E-state index contributed by atoms with van der Waals surface area (Å²) in [4.78, 5) is 7.24. The van der Waals surface area contributed by atoms with E-state index in [9.17, 15) is 4.39 Å². The molecule has 0 aliphatic carbocycles. The lowest BCUT2D eigenvalue weighted by molar-refractivity contribution is 0.580. The Labute approximate surface area is 77.4 Å². The van der Waals surface area contributed by atoms with Gasteiger partial charge in [0.25, 0.3) is 0 Å². The molecule has 0 bridgehead atoms. The zero-order chi connectivity index (χ0) is 9.52. The van der Waals surface area contributed by atoms with Crippen molar-refractivity contribution < 1.29 is 4.39 Å². The van der Waals surface area contributed by atoms with E-state index in [2.05, 4.69) is 22.2 Å². The topological polar surface area (TPSA) is 37.8 Å². The van der Waals surface area contributed by atoms with Crippen molar-refractivity contribution in [2.24, 2.45) is 0 Å². The second kappa shape index (κ2) is 5.45. The highest BCUT2D eigenvalue weighted by atomic mass is 19.1. The number of hydrogen-bond donors (Lipinski definition) is 1. The zero-order valence-electron chi connectivity index (χ0n) is 7.76. The van der Waals surface area contributed by atoms with Gasteiger partial charge in [0, 0.05) is 12.6 Å². The number of rotatable bonds is 5. The van der Waals surface area contributed by atoms with E-state index in [0.717, 1.165) is 13.0 Å². The molecule has 0 fully saturated rings. The van der Waals surface area contributed by atoms with Gasteiger partial charge in [0.15, 0.2) is 0 Å². The zero-order valence-corrected chi connectivity index (χ0v) is 7.76. The molecule has 1 heterocycles. The molecule has 72 valence electrons. The van der Waals surface area contributed by atoms with Crippen LogP contribution in [0.25, 0.3) is 0 Å². The smallest absolute Gasteiger partial charge is 0.217 e. The Hall–Kier alpha value is -1.19. The number of unbranched alkanes of at least 4 members (excludes halogenated alkanes) is 2. The summed E-state index contributed by atoms with van der Waals surface area (Å²) in [6, 6.07) is 1.30. The van der Waals surface area contributed by atoms with Gasteiger partial charge in [0.2, 0.25) is 5.95 Å². The second-order valence-electron chi connectivity index (χ2n) is 2.86. The number of halogens is 1. The van der Waals surface area contributed by atoms with Crippen LogP contribution in [0.3, 0.4) is 0 Å². The van der Waals surface area contributed by atoms with Crippen LogP contribution in [0, 0.1) is 5.95 Å². The summed E-state index contributed by atoms with van der Waals surface area (Å²) in [5, 5.41) is 3.03. The van der Waals surface area contributed by atoms with E-state index in [0.29, 0.717) is 5.82 Å². The third-order valence-corrected chi connectivity index (χ3v) is 1.72. The Morgan fingerprint density at radius 1 is 1.38 bits per heavy atom. The quantitative estimate of drug-likeness (QED) is 0.561. The first-order valence-corrected chi connectivity index (χ1v) is 4.54. The molecule has 1 aromatic rings. The van der Waals surface area contributed by atoms with Crippen molar-refractivity contribution >= 4 is 5.82 Å². The van der Waals surface area contributed by atoms with Crippen molar-refractivity contribution in [2.45, 2.75) is 26.2 Å². The summed E-state index contributed by atoms with van der Waals surface area (Å²) in [6.07, 6.45) is 4.67. The molecule has 0 aliphatic heterocycles. The van der Waals surface area contributed by atoms with Crippen molar-refractivity contribution in [1.82, 2.24) is 9.97 Å². The molecule has 0 spiro atoms. The standard InChI is InChI=1S/C9H14FN3/c1-2-3-4-5-11-9-6-8(10)12-7-13-9/h6-7H,2-5H2,1H3,(H,11,12,13). The van der Waals surface area contributed by atoms with Crippen molar-refractivity contribution in [3.05, 3.63) is 18.3 Å². The number of nitrogens with one attached hydrogen (secondary N) is 1. The monoisotopic (exact) mass is 183 g/mol. The maximum absolute atomic E-state index is 12.6. The van der Waals surface area contributed by atoms with E-state index in [1.807, 2.05) is 0 Å². The van der Waals surface area contributed by atoms with Crippen molar-refractivity contribution in [1.29, 1.82) is 0 Å². The Morgan fingerprint density at radius 3 is 2.92 bits per heavy atom. The maximum Gasteiger partial charge on any atom is 0.217 e. The molecule has 1 N–H and O–H groups in total. The van der Waals surface area contributed by atoms with Crippen LogP contribution in [0.15, 0.2) is 12.4 Å². The van der Waals surface area contributed by atoms with Gasteiger partial charge in [-0.3, -0.25) is 0 Å². The summed E-state index contributed by atoms with van der Waals surface area (Å²) in [5.41, 5.74) is 0. The van der Waals surface area contributed by atoms with Gasteiger partial charge >= 0.3 is 0 Å². The van der Waals surface area contributed by atoms with Gasteiger partial charge in [-0.25, -0.2) is 9.97 Å². The molecule has 13 heavy (non-hydrogen) atoms. The van der Waals surface area contributed by atoms with E-state index < -0.39 is 5.95 Å². The van der Waals surface area contributed by atoms with Crippen molar-refractivity contribution in [2.75, 3.05) is 11.9 Å². The summed E-state index contributed by atoms with van der Waals surface area (Å²) < 4.78 is 12.6. The van der Waals surface area contributed by atoms with Gasteiger partial charge in [-0.05, 0) is 6.42 Å². The fourth-order valence-electron chi connectivity index (χ4n) is 1.02. The van der Waals surface area contributed by atoms with E-state index in [4.69, 9.17) is 0 Å². The predicted octanol–water partition coefficient (Wildman–Crippen LogP) is 2.22. The highest BCUT2D eigenvalue weighted by Crippen LogP contribution is 2.02. The highest BCUT2D eigenvalue weighted by molar-refractivity contribution is 5.31. The Kier molecular flexibility index (Phi) is 4.15. The molecule has 1 aromatic heterocycles. The Balaban J connectivity index is 2.28. The van der Waals surface area contributed by atoms with E-state index in [1.54, 1.807) is 0 Å². The van der Waals surface area contributed by atoms with Crippen LogP contribution in [0.1, 0.15) is 26.2 Å². The average molecular weight is 183 g/mol. The number of anilines is 1. The second-order valence-corrected chi connectivity index (χ2v) is 2.86. The first-order chi connectivity index (χ1) is 6.33. The van der Waals surface area contributed by atoms with Gasteiger partial charge in [0.05, 0.1) is 0 Å². The Bertz CT molecular complexity index is 252. The van der Waals surface area contributed by atoms with Gasteiger partial charge in [-0.15, -0.1) is 0 Å². The van der Waals surface area contributed by atoms with Gasteiger partial charge in [0.1, 0.15) is 12.1 Å². The molecule has 0 aromatic carbocycles. The number of nitrogens with zero attached hydrogens (tertiary/aromatic N) is 2. The first kappa shape index (κ1) is 9.89. The number of hydrogen-bond acceptors (Lipinski definition) is 3. The van der Waals surface area contributed by atoms with E-state index in [1.165, 1.54) is 25.2 Å². The fourth-order valence-corrected chi connectivity index (χ4v) is 1.02. The predicted molar refractivity (Wildman–Crippen MR) is 50.0 cm³/mol. The normalized spacial score (nSPS) is 10.0. The lowest BCUT2D eigenvalue weighted by atomic mass is 10.2. The summed E-state index contributed by atoms with van der Waals surface area (Å²) in [5.74, 6) is 0.0663. The van der Waals surface area contributed by atoms with Crippen LogP contribution in [-0.4, -0.2) is 16.5 Å². The van der Waals surface area contributed by atoms with E-state index in [-0.39, 0.29) is 0 Å². The van der Waals surface area contributed by atoms with Crippen LogP contribution in [-0.2, 0) is 0 Å². The lowest BCUT2D eigenvalue weighted by Crippen LogP contribution is -2.03. The summed E-state index contributed by atoms with van der Waals surface area (Å²) in [7, 11) is 0. The molecule has 0 saturated carbocycles. The minimum absolute atomic E-state index is 0.493. The minimum Gasteiger partial charge on any atom is -0.370 e. The molecule has 0 aliphatic rings. The molecule has 0 amide bonds. The lowest BCUT2D eigenvalue weighted by Gasteiger charge is -2.03. The molecular weight excluding hydrogens is 169 g/mol. The third kappa shape index (κ3) is 3.83. The van der Waals surface area contributed by atoms with Crippen molar-refractivity contribution in [3.8, 4) is 0 Å². The largest absolute Gasteiger partial charge is 0.370 e. The fraction of sp³-hybridized carbons (Fsp3) is 0.556. The molecule has 0 radical (unpaired) electrons. The SMILES string of the molecule is CCCCCNc1cc(F)ncn1. The molecule has 0 unspecified atom stereocenters. The van der Waals surface area contributed by atoms with Gasteiger partial charge in [-0.2, -0.15) is 4.39 Å². The van der Waals surface area contributed by atoms with E-state index >= 15 is 0 Å². The molecule has 0 atom stereocenters. The van der Waals surface area contributed by atoms with Crippen molar-refractivity contribution in [3.63, 3.8) is 0 Å². The Morgan fingerprint density at radius 2 is 2.23 bits per heavy atom. The third-order valence-electron chi connectivity index (χ3n) is 1.72. The first-order valence-electron chi connectivity index (χ1n) is 4.54. The van der Waals surface area contributed by atoms with Gasteiger partial charge < -0.3 is 5.32 Å². The van der Waals surface area contributed by atoms with Gasteiger partial charge in [-0.1, -0.05) is 19.8 Å². The van der Waals surface area contributed by atoms with Crippen LogP contribution in [0.2, 0.25) is 0 Å². The average Bonchev–Trinajstić information content (AvgIpc) is 2.13. The molecule has 0 saturated heterocycles. The summed E-state index contributed by atoms with van der Waals surface area (Å²) in [6.45, 7) is 2.98. The van der Waals surface area contributed by atoms with Crippen LogP contribution in [0.5, 0.6) is 0 Å². The van der Waals surface area contributed by atoms with Crippen LogP contribution >= 0.6 is 0 Å². The number of aromatic nitrogens is 2.